The van der Waals surface area contributed by atoms with Crippen LogP contribution in [-0.2, 0) is 11.0 Å². The van der Waals surface area contributed by atoms with Crippen LogP contribution in [0.15, 0.2) is 41.6 Å². The minimum Gasteiger partial charge on any atom is -0.494 e. The van der Waals surface area contributed by atoms with Gasteiger partial charge in [0.1, 0.15) is 12.4 Å². The lowest BCUT2D eigenvalue weighted by Gasteiger charge is -2.32. The van der Waals surface area contributed by atoms with E-state index >= 15 is 0 Å². The molecule has 2 heterocycles. The van der Waals surface area contributed by atoms with Gasteiger partial charge in [0.2, 0.25) is 0 Å². The maximum Gasteiger partial charge on any atom is 0.435 e. The van der Waals surface area contributed by atoms with Crippen LogP contribution in [-0.4, -0.2) is 42.7 Å². The van der Waals surface area contributed by atoms with Gasteiger partial charge in [0.15, 0.2) is 11.5 Å². The number of nitrogens with zero attached hydrogens (tertiary/aromatic N) is 4. The molecule has 6 nitrogen and oxygen atoms in total. The average molecular weight is 422 g/mol. The summed E-state index contributed by atoms with van der Waals surface area (Å²) in [5.41, 5.74) is -0.0255. The Morgan fingerprint density at radius 1 is 1.10 bits per heavy atom. The molecule has 30 heavy (non-hydrogen) atoms. The first-order valence-electron chi connectivity index (χ1n) is 10.00. The quantitative estimate of drug-likeness (QED) is 0.461. The number of anilines is 1. The summed E-state index contributed by atoms with van der Waals surface area (Å²) in [5, 5.41) is 10.9. The van der Waals surface area contributed by atoms with Crippen LogP contribution in [0, 0.1) is 5.92 Å². The Bertz CT molecular complexity index is 802. The lowest BCUT2D eigenvalue weighted by Crippen LogP contribution is -2.35. The first-order valence-corrected chi connectivity index (χ1v) is 10.00. The van der Waals surface area contributed by atoms with Gasteiger partial charge in [0.25, 0.3) is 0 Å². The maximum atomic E-state index is 12.6. The Labute approximate surface area is 173 Å². The van der Waals surface area contributed by atoms with Crippen LogP contribution in [0.25, 0.3) is 0 Å². The van der Waals surface area contributed by atoms with E-state index in [-0.39, 0.29) is 0 Å². The molecular weight excluding hydrogens is 397 g/mol. The molecule has 0 bridgehead atoms. The lowest BCUT2D eigenvalue weighted by molar-refractivity contribution is -0.141. The fraction of sp³-hybridized carbons (Fsp3) is 0.476. The molecule has 0 amide bonds. The summed E-state index contributed by atoms with van der Waals surface area (Å²) in [6.45, 7) is 4.53. The molecule has 1 fully saturated rings. The number of piperidine rings is 1. The molecule has 1 aromatic carbocycles. The second-order valence-corrected chi connectivity index (χ2v) is 7.06. The predicted molar refractivity (Wildman–Crippen MR) is 108 cm³/mol. The molecule has 1 saturated heterocycles. The molecule has 0 atom stereocenters. The van der Waals surface area contributed by atoms with Crippen LogP contribution < -0.4 is 9.64 Å². The SMILES string of the molecule is CCO/N=C/c1ccc(OCCC2CCN(c3ccc(C(F)(F)F)nn3)CC2)cc1. The summed E-state index contributed by atoms with van der Waals surface area (Å²) in [7, 11) is 0. The lowest BCUT2D eigenvalue weighted by atomic mass is 9.94. The monoisotopic (exact) mass is 422 g/mol. The van der Waals surface area contributed by atoms with E-state index in [0.717, 1.165) is 49.7 Å². The number of halogens is 3. The van der Waals surface area contributed by atoms with Gasteiger partial charge in [-0.1, -0.05) is 5.16 Å². The normalized spacial score (nSPS) is 15.5. The molecule has 0 unspecified atom stereocenters. The van der Waals surface area contributed by atoms with Gasteiger partial charge in [0.05, 0.1) is 12.8 Å². The van der Waals surface area contributed by atoms with E-state index < -0.39 is 11.9 Å². The number of oxime groups is 1. The van der Waals surface area contributed by atoms with E-state index in [9.17, 15) is 13.2 Å². The number of hydrogen-bond acceptors (Lipinski definition) is 6. The molecule has 0 radical (unpaired) electrons. The predicted octanol–water partition coefficient (Wildman–Crippen LogP) is 4.55. The van der Waals surface area contributed by atoms with Crippen LogP contribution in [0.5, 0.6) is 5.75 Å². The molecule has 9 heteroatoms. The second-order valence-electron chi connectivity index (χ2n) is 7.06. The van der Waals surface area contributed by atoms with E-state index in [0.29, 0.717) is 24.9 Å². The molecule has 0 aliphatic carbocycles. The molecule has 0 saturated carbocycles. The van der Waals surface area contributed by atoms with Gasteiger partial charge in [-0.15, -0.1) is 10.2 Å². The Hall–Kier alpha value is -2.84. The number of ether oxygens (including phenoxy) is 1. The van der Waals surface area contributed by atoms with E-state index in [1.54, 1.807) is 6.21 Å². The number of alkyl halides is 3. The van der Waals surface area contributed by atoms with Gasteiger partial charge in [-0.3, -0.25) is 0 Å². The van der Waals surface area contributed by atoms with Gasteiger partial charge in [-0.2, -0.15) is 13.2 Å². The van der Waals surface area contributed by atoms with Gasteiger partial charge < -0.3 is 14.5 Å². The van der Waals surface area contributed by atoms with Gasteiger partial charge in [-0.25, -0.2) is 0 Å². The smallest absolute Gasteiger partial charge is 0.435 e. The number of aromatic nitrogens is 2. The zero-order chi connectivity index (χ0) is 21.4. The van der Waals surface area contributed by atoms with Crippen molar-refractivity contribution in [2.45, 2.75) is 32.4 Å². The van der Waals surface area contributed by atoms with Crippen LogP contribution >= 0.6 is 0 Å². The van der Waals surface area contributed by atoms with Gasteiger partial charge >= 0.3 is 6.18 Å². The van der Waals surface area contributed by atoms with Crippen molar-refractivity contribution >= 4 is 12.0 Å². The van der Waals surface area contributed by atoms with Crippen LogP contribution in [0.3, 0.4) is 0 Å². The minimum absolute atomic E-state index is 0.491. The highest BCUT2D eigenvalue weighted by atomic mass is 19.4. The fourth-order valence-electron chi connectivity index (χ4n) is 3.26. The highest BCUT2D eigenvalue weighted by Crippen LogP contribution is 2.29. The summed E-state index contributed by atoms with van der Waals surface area (Å²) < 4.78 is 43.6. The van der Waals surface area contributed by atoms with Crippen molar-refractivity contribution in [3.63, 3.8) is 0 Å². The fourth-order valence-corrected chi connectivity index (χ4v) is 3.26. The Morgan fingerprint density at radius 3 is 2.43 bits per heavy atom. The molecule has 3 rings (SSSR count). The van der Waals surface area contributed by atoms with Crippen molar-refractivity contribution in [1.29, 1.82) is 0 Å². The third-order valence-corrected chi connectivity index (χ3v) is 4.96. The van der Waals surface area contributed by atoms with E-state index in [1.165, 1.54) is 6.07 Å². The van der Waals surface area contributed by atoms with Crippen molar-refractivity contribution < 1.29 is 22.7 Å². The largest absolute Gasteiger partial charge is 0.494 e. The molecule has 1 aromatic heterocycles. The first-order chi connectivity index (χ1) is 14.5. The topological polar surface area (TPSA) is 59.8 Å². The molecule has 1 aliphatic heterocycles. The van der Waals surface area contributed by atoms with E-state index in [2.05, 4.69) is 15.4 Å². The second kappa shape index (κ2) is 10.3. The van der Waals surface area contributed by atoms with E-state index in [4.69, 9.17) is 9.57 Å². The molecule has 2 aromatic rings. The molecule has 1 aliphatic rings. The zero-order valence-electron chi connectivity index (χ0n) is 16.8. The standard InChI is InChI=1S/C21H25F3N4O2/c1-2-30-25-15-17-3-5-18(6-4-17)29-14-11-16-9-12-28(13-10-16)20-8-7-19(26-27-20)21(22,23)24/h3-8,15-16H,2,9-14H2,1H3/b25-15+. The molecule has 0 spiro atoms. The first kappa shape index (κ1) is 21.9. The maximum absolute atomic E-state index is 12.6. The number of hydrogen-bond donors (Lipinski definition) is 0. The van der Waals surface area contributed by atoms with Crippen molar-refractivity contribution in [3.05, 3.63) is 47.7 Å². The summed E-state index contributed by atoms with van der Waals surface area (Å²) in [6.07, 6.45) is 0.00979. The summed E-state index contributed by atoms with van der Waals surface area (Å²) in [5.74, 6) is 1.81. The van der Waals surface area contributed by atoms with Crippen molar-refractivity contribution in [2.24, 2.45) is 11.1 Å². The van der Waals surface area contributed by atoms with Crippen molar-refractivity contribution in [3.8, 4) is 5.75 Å². The summed E-state index contributed by atoms with van der Waals surface area (Å²) in [4.78, 5) is 6.92. The third-order valence-electron chi connectivity index (χ3n) is 4.96. The number of benzene rings is 1. The van der Waals surface area contributed by atoms with Crippen molar-refractivity contribution in [2.75, 3.05) is 31.2 Å². The average Bonchev–Trinajstić information content (AvgIpc) is 2.75. The molecular formula is C21H25F3N4O2. The highest BCUT2D eigenvalue weighted by Gasteiger charge is 2.33. The van der Waals surface area contributed by atoms with Crippen LogP contribution in [0.1, 0.15) is 37.4 Å². The minimum atomic E-state index is -4.46. The zero-order valence-corrected chi connectivity index (χ0v) is 16.8. The van der Waals surface area contributed by atoms with Gasteiger partial charge in [-0.05, 0) is 74.1 Å². The molecule has 0 N–H and O–H groups in total. The highest BCUT2D eigenvalue weighted by molar-refractivity contribution is 5.79. The van der Waals surface area contributed by atoms with Crippen LogP contribution in [0.2, 0.25) is 0 Å². The Balaban J connectivity index is 1.39. The van der Waals surface area contributed by atoms with Gasteiger partial charge in [0, 0.05) is 13.1 Å². The number of rotatable bonds is 8. The summed E-state index contributed by atoms with van der Waals surface area (Å²) in [6, 6.07) is 10.0. The molecule has 162 valence electrons. The van der Waals surface area contributed by atoms with Crippen molar-refractivity contribution in [1.82, 2.24) is 10.2 Å². The van der Waals surface area contributed by atoms with Crippen LogP contribution in [0.4, 0.5) is 19.0 Å². The van der Waals surface area contributed by atoms with E-state index in [1.807, 2.05) is 36.1 Å². The third kappa shape index (κ3) is 6.33. The Morgan fingerprint density at radius 2 is 1.83 bits per heavy atom. The summed E-state index contributed by atoms with van der Waals surface area (Å²) >= 11 is 0. The Kier molecular flexibility index (Phi) is 7.48.